The second kappa shape index (κ2) is 4.24. The molecular weight excluding hydrogens is 284 g/mol. The standard InChI is InChI=1S/C14H13F2NO4/c15-9-3-1-2-8(10(9)16)4-17-6-13(11(18)19)5-14(13,7-17)12(20)21/h1-3H,4-7H2,(H,18,19)(H,20,21)/t13-,14+. The summed E-state index contributed by atoms with van der Waals surface area (Å²) in [4.78, 5) is 24.3. The second-order valence-electron chi connectivity index (χ2n) is 5.81. The van der Waals surface area contributed by atoms with Gasteiger partial charge >= 0.3 is 11.9 Å². The Morgan fingerprint density at radius 1 is 1.14 bits per heavy atom. The zero-order valence-electron chi connectivity index (χ0n) is 11.0. The summed E-state index contributed by atoms with van der Waals surface area (Å²) in [5, 5.41) is 18.6. The molecule has 1 aromatic carbocycles. The van der Waals surface area contributed by atoms with Gasteiger partial charge in [0.05, 0.1) is 10.8 Å². The van der Waals surface area contributed by atoms with Crippen LogP contribution in [0.15, 0.2) is 18.2 Å². The summed E-state index contributed by atoms with van der Waals surface area (Å²) in [6, 6.07) is 3.77. The van der Waals surface area contributed by atoms with Gasteiger partial charge < -0.3 is 10.2 Å². The third kappa shape index (κ3) is 1.77. The first-order chi connectivity index (χ1) is 9.82. The zero-order valence-corrected chi connectivity index (χ0v) is 11.0. The average molecular weight is 297 g/mol. The van der Waals surface area contributed by atoms with E-state index in [2.05, 4.69) is 0 Å². The first-order valence-electron chi connectivity index (χ1n) is 6.44. The Kier molecular flexibility index (Phi) is 2.81. The summed E-state index contributed by atoms with van der Waals surface area (Å²) in [5.74, 6) is -4.25. The van der Waals surface area contributed by atoms with E-state index in [1.807, 2.05) is 0 Å². The van der Waals surface area contributed by atoms with Crippen molar-refractivity contribution in [2.45, 2.75) is 13.0 Å². The first kappa shape index (κ1) is 13.9. The molecule has 1 aromatic rings. The number of rotatable bonds is 4. The number of benzene rings is 1. The molecule has 3 rings (SSSR count). The van der Waals surface area contributed by atoms with Gasteiger partial charge in [0, 0.05) is 25.2 Å². The van der Waals surface area contributed by atoms with Crippen LogP contribution in [0.25, 0.3) is 0 Å². The maximum Gasteiger partial charge on any atom is 0.312 e. The summed E-state index contributed by atoms with van der Waals surface area (Å²) in [7, 11) is 0. The number of carboxylic acid groups (broad SMARTS) is 2. The van der Waals surface area contributed by atoms with E-state index in [-0.39, 0.29) is 31.6 Å². The highest BCUT2D eigenvalue weighted by Gasteiger charge is 2.80. The fourth-order valence-electron chi connectivity index (χ4n) is 3.42. The van der Waals surface area contributed by atoms with Crippen LogP contribution in [0.4, 0.5) is 8.78 Å². The lowest BCUT2D eigenvalue weighted by atomic mass is 9.97. The molecule has 0 bridgehead atoms. The minimum atomic E-state index is -1.30. The molecule has 21 heavy (non-hydrogen) atoms. The summed E-state index contributed by atoms with van der Waals surface area (Å²) >= 11 is 0. The second-order valence-corrected chi connectivity index (χ2v) is 5.81. The van der Waals surface area contributed by atoms with Crippen molar-refractivity contribution in [1.82, 2.24) is 4.90 Å². The smallest absolute Gasteiger partial charge is 0.312 e. The number of piperidine rings is 1. The van der Waals surface area contributed by atoms with Crippen LogP contribution >= 0.6 is 0 Å². The van der Waals surface area contributed by atoms with E-state index >= 15 is 0 Å². The first-order valence-corrected chi connectivity index (χ1v) is 6.44. The van der Waals surface area contributed by atoms with Crippen molar-refractivity contribution < 1.29 is 28.6 Å². The molecule has 0 spiro atoms. The van der Waals surface area contributed by atoms with Crippen molar-refractivity contribution in [2.75, 3.05) is 13.1 Å². The van der Waals surface area contributed by atoms with Gasteiger partial charge in [-0.05, 0) is 12.5 Å². The number of hydrogen-bond acceptors (Lipinski definition) is 3. The third-order valence-electron chi connectivity index (χ3n) is 4.63. The van der Waals surface area contributed by atoms with Crippen molar-refractivity contribution in [3.05, 3.63) is 35.4 Å². The number of aliphatic carboxylic acids is 2. The van der Waals surface area contributed by atoms with Crippen molar-refractivity contribution in [3.63, 3.8) is 0 Å². The lowest BCUT2D eigenvalue weighted by Gasteiger charge is -2.19. The van der Waals surface area contributed by atoms with Gasteiger partial charge in [-0.3, -0.25) is 14.5 Å². The summed E-state index contributed by atoms with van der Waals surface area (Å²) < 4.78 is 26.8. The number of fused-ring (bicyclic) bond motifs is 1. The molecule has 0 amide bonds. The van der Waals surface area contributed by atoms with Crippen molar-refractivity contribution >= 4 is 11.9 Å². The molecule has 1 aliphatic carbocycles. The van der Waals surface area contributed by atoms with Gasteiger partial charge in [0.1, 0.15) is 0 Å². The molecule has 0 radical (unpaired) electrons. The molecule has 2 atom stereocenters. The highest BCUT2D eigenvalue weighted by molar-refractivity contribution is 5.94. The van der Waals surface area contributed by atoms with Gasteiger partial charge in [-0.25, -0.2) is 8.78 Å². The lowest BCUT2D eigenvalue weighted by Crippen LogP contribution is -2.28. The van der Waals surface area contributed by atoms with Crippen LogP contribution in [0.1, 0.15) is 12.0 Å². The van der Waals surface area contributed by atoms with Crippen LogP contribution in [0.3, 0.4) is 0 Å². The zero-order chi connectivity index (χ0) is 15.4. The Balaban J connectivity index is 1.83. The molecule has 1 saturated carbocycles. The van der Waals surface area contributed by atoms with E-state index in [0.29, 0.717) is 0 Å². The average Bonchev–Trinajstić information content (AvgIpc) is 2.95. The van der Waals surface area contributed by atoms with Crippen molar-refractivity contribution in [2.24, 2.45) is 10.8 Å². The monoisotopic (exact) mass is 297 g/mol. The van der Waals surface area contributed by atoms with Gasteiger partial charge in [0.15, 0.2) is 11.6 Å². The van der Waals surface area contributed by atoms with Gasteiger partial charge in [0.2, 0.25) is 0 Å². The Bertz CT molecular complexity index is 622. The Labute approximate surface area is 118 Å². The fraction of sp³-hybridized carbons (Fsp3) is 0.429. The molecule has 1 aliphatic heterocycles. The topological polar surface area (TPSA) is 77.8 Å². The van der Waals surface area contributed by atoms with Crippen molar-refractivity contribution in [3.8, 4) is 0 Å². The number of halogens is 2. The molecule has 112 valence electrons. The number of carboxylic acids is 2. The molecular formula is C14H13F2NO4. The Hall–Kier alpha value is -2.02. The highest BCUT2D eigenvalue weighted by atomic mass is 19.2. The third-order valence-corrected chi connectivity index (χ3v) is 4.63. The van der Waals surface area contributed by atoms with Crippen LogP contribution in [-0.4, -0.2) is 40.1 Å². The van der Waals surface area contributed by atoms with Gasteiger partial charge in [0.25, 0.3) is 0 Å². The molecule has 1 saturated heterocycles. The van der Waals surface area contributed by atoms with Crippen molar-refractivity contribution in [1.29, 1.82) is 0 Å². The minimum Gasteiger partial charge on any atom is -0.481 e. The molecule has 2 fully saturated rings. The minimum absolute atomic E-state index is 0.00630. The lowest BCUT2D eigenvalue weighted by molar-refractivity contribution is -0.151. The maximum absolute atomic E-state index is 13.6. The molecule has 7 heteroatoms. The predicted molar refractivity (Wildman–Crippen MR) is 66.4 cm³/mol. The fourth-order valence-corrected chi connectivity index (χ4v) is 3.42. The van der Waals surface area contributed by atoms with Crippen LogP contribution in [0.5, 0.6) is 0 Å². The molecule has 2 N–H and O–H groups in total. The van der Waals surface area contributed by atoms with Crippen LogP contribution in [0.2, 0.25) is 0 Å². The number of carbonyl (C=O) groups is 2. The van der Waals surface area contributed by atoms with Crippen LogP contribution in [0, 0.1) is 22.5 Å². The van der Waals surface area contributed by atoms with E-state index in [0.717, 1.165) is 6.07 Å². The van der Waals surface area contributed by atoms with Gasteiger partial charge in [-0.2, -0.15) is 0 Å². The SMILES string of the molecule is O=C(O)[C@@]12CN(Cc3cccc(F)c3F)C[C@]1(C(=O)O)C2. The van der Waals surface area contributed by atoms with Gasteiger partial charge in [-0.1, -0.05) is 12.1 Å². The molecule has 0 aromatic heterocycles. The number of likely N-dealkylation sites (tertiary alicyclic amines) is 1. The summed E-state index contributed by atoms with van der Waals surface area (Å²) in [6.07, 6.45) is 0.0901. The quantitative estimate of drug-likeness (QED) is 0.876. The number of nitrogens with zero attached hydrogens (tertiary/aromatic N) is 1. The highest BCUT2D eigenvalue weighted by Crippen LogP contribution is 2.68. The molecule has 0 unspecified atom stereocenters. The maximum atomic E-state index is 13.6. The van der Waals surface area contributed by atoms with Crippen LogP contribution < -0.4 is 0 Å². The number of hydrogen-bond donors (Lipinski definition) is 2. The van der Waals surface area contributed by atoms with E-state index in [4.69, 9.17) is 0 Å². The molecule has 2 aliphatic rings. The van der Waals surface area contributed by atoms with E-state index in [1.165, 1.54) is 12.1 Å². The summed E-state index contributed by atoms with van der Waals surface area (Å²) in [6.45, 7) is 0.0584. The normalized spacial score (nSPS) is 31.0. The van der Waals surface area contributed by atoms with E-state index in [9.17, 15) is 28.6 Å². The Morgan fingerprint density at radius 2 is 1.71 bits per heavy atom. The van der Waals surface area contributed by atoms with Crippen LogP contribution in [-0.2, 0) is 16.1 Å². The molecule has 1 heterocycles. The van der Waals surface area contributed by atoms with Gasteiger partial charge in [-0.15, -0.1) is 0 Å². The summed E-state index contributed by atoms with van der Waals surface area (Å²) in [5.41, 5.74) is -2.51. The van der Waals surface area contributed by atoms with E-state index < -0.39 is 34.4 Å². The Morgan fingerprint density at radius 3 is 2.24 bits per heavy atom. The van der Waals surface area contributed by atoms with E-state index in [1.54, 1.807) is 4.90 Å². The predicted octanol–water partition coefficient (Wildman–Crippen LogP) is 1.33. The molecule has 5 nitrogen and oxygen atoms in total. The largest absolute Gasteiger partial charge is 0.481 e.